The molecule has 0 atom stereocenters. The fraction of sp³-hybridized carbons (Fsp3) is 0.562. The van der Waals surface area contributed by atoms with E-state index >= 15 is 0 Å². The second kappa shape index (κ2) is 5.84. The van der Waals surface area contributed by atoms with Crippen molar-refractivity contribution in [3.63, 3.8) is 0 Å². The zero-order chi connectivity index (χ0) is 15.0. The molecule has 1 aromatic carbocycles. The highest BCUT2D eigenvalue weighted by molar-refractivity contribution is 6.31. The summed E-state index contributed by atoms with van der Waals surface area (Å²) in [5.74, 6) is 0.856. The Morgan fingerprint density at radius 1 is 1.33 bits per heavy atom. The van der Waals surface area contributed by atoms with E-state index in [-0.39, 0.29) is 5.02 Å². The van der Waals surface area contributed by atoms with Gasteiger partial charge in [-0.15, -0.1) is 0 Å². The lowest BCUT2D eigenvalue weighted by Crippen LogP contribution is -2.19. The number of halogens is 2. The molecular weight excluding hydrogens is 289 g/mol. The fourth-order valence-electron chi connectivity index (χ4n) is 3.59. The third-order valence-corrected chi connectivity index (χ3v) is 4.93. The summed E-state index contributed by atoms with van der Waals surface area (Å²) in [6, 6.07) is 3.37. The van der Waals surface area contributed by atoms with Gasteiger partial charge in [0.25, 0.3) is 0 Å². The van der Waals surface area contributed by atoms with Crippen molar-refractivity contribution < 1.29 is 4.39 Å². The van der Waals surface area contributed by atoms with Crippen molar-refractivity contribution in [3.8, 4) is 0 Å². The predicted molar refractivity (Wildman–Crippen MR) is 85.0 cm³/mol. The number of imidazole rings is 1. The highest BCUT2D eigenvalue weighted by Gasteiger charge is 2.25. The van der Waals surface area contributed by atoms with Gasteiger partial charge in [0.05, 0.1) is 16.1 Å². The highest BCUT2D eigenvalue weighted by atomic mass is 35.5. The zero-order valence-corrected chi connectivity index (χ0v) is 13.0. The smallest absolute Gasteiger partial charge is 0.201 e. The Hall–Kier alpha value is -1.29. The van der Waals surface area contributed by atoms with Crippen LogP contribution in [0.1, 0.15) is 51.5 Å². The first kappa shape index (κ1) is 14.6. The van der Waals surface area contributed by atoms with Crippen molar-refractivity contribution in [2.24, 2.45) is 5.92 Å². The van der Waals surface area contributed by atoms with Crippen LogP contribution in [0, 0.1) is 11.7 Å². The Labute approximate surface area is 129 Å². The molecule has 1 saturated carbocycles. The predicted octanol–water partition coefficient (Wildman–Crippen LogP) is 4.94. The van der Waals surface area contributed by atoms with Gasteiger partial charge in [-0.05, 0) is 37.7 Å². The molecule has 0 unspecified atom stereocenters. The van der Waals surface area contributed by atoms with Gasteiger partial charge in [0.2, 0.25) is 5.95 Å². The summed E-state index contributed by atoms with van der Waals surface area (Å²) in [7, 11) is 0. The Balaban J connectivity index is 1.90. The number of nitrogens with two attached hydrogens (primary N) is 1. The average molecular weight is 310 g/mol. The number of benzene rings is 1. The second-order valence-electron chi connectivity index (χ2n) is 6.06. The molecular formula is C16H21ClFN3. The molecule has 0 saturated heterocycles. The van der Waals surface area contributed by atoms with E-state index in [1.807, 2.05) is 4.57 Å². The molecule has 3 nitrogen and oxygen atoms in total. The van der Waals surface area contributed by atoms with E-state index in [4.69, 9.17) is 17.3 Å². The number of anilines is 1. The minimum absolute atomic E-state index is 0.128. The summed E-state index contributed by atoms with van der Waals surface area (Å²) in [5.41, 5.74) is 7.50. The number of hydrogen-bond acceptors (Lipinski definition) is 2. The van der Waals surface area contributed by atoms with Gasteiger partial charge in [0, 0.05) is 12.1 Å². The first-order valence-corrected chi connectivity index (χ1v) is 8.10. The van der Waals surface area contributed by atoms with Crippen LogP contribution in [0.2, 0.25) is 5.02 Å². The van der Waals surface area contributed by atoms with Crippen molar-refractivity contribution in [3.05, 3.63) is 23.0 Å². The summed E-state index contributed by atoms with van der Waals surface area (Å²) in [4.78, 5) is 4.29. The van der Waals surface area contributed by atoms with Gasteiger partial charge in [0.15, 0.2) is 0 Å². The van der Waals surface area contributed by atoms with Crippen LogP contribution in [0.4, 0.5) is 10.3 Å². The van der Waals surface area contributed by atoms with E-state index in [2.05, 4.69) is 11.9 Å². The van der Waals surface area contributed by atoms with Gasteiger partial charge in [0.1, 0.15) is 5.82 Å². The number of rotatable bonds is 3. The third-order valence-electron chi connectivity index (χ3n) is 4.64. The van der Waals surface area contributed by atoms with Gasteiger partial charge in [-0.1, -0.05) is 31.4 Å². The maximum Gasteiger partial charge on any atom is 0.201 e. The SMILES string of the molecule is CCCC1CCC(n2c(N)nc3cc(F)c(Cl)cc32)CC1. The number of nitrogens with zero attached hydrogens (tertiary/aromatic N) is 2. The van der Waals surface area contributed by atoms with E-state index in [1.54, 1.807) is 6.07 Å². The minimum atomic E-state index is -0.444. The second-order valence-corrected chi connectivity index (χ2v) is 6.47. The summed E-state index contributed by atoms with van der Waals surface area (Å²) < 4.78 is 15.6. The van der Waals surface area contributed by atoms with Crippen LogP contribution in [-0.4, -0.2) is 9.55 Å². The standard InChI is InChI=1S/C16H21ClFN3/c1-2-3-10-4-6-11(7-5-10)21-15-8-12(17)13(18)9-14(15)20-16(21)19/h8-11H,2-7H2,1H3,(H2,19,20). The number of hydrogen-bond donors (Lipinski definition) is 1. The quantitative estimate of drug-likeness (QED) is 0.872. The Kier molecular flexibility index (Phi) is 4.07. The maximum atomic E-state index is 13.5. The molecule has 3 rings (SSSR count). The topological polar surface area (TPSA) is 43.8 Å². The first-order valence-electron chi connectivity index (χ1n) is 7.72. The normalized spacial score (nSPS) is 22.8. The van der Waals surface area contributed by atoms with Crippen LogP contribution in [0.15, 0.2) is 12.1 Å². The summed E-state index contributed by atoms with van der Waals surface area (Å²) in [5, 5.41) is 0.128. The maximum absolute atomic E-state index is 13.5. The van der Waals surface area contributed by atoms with Gasteiger partial charge in [-0.2, -0.15) is 0 Å². The van der Waals surface area contributed by atoms with Crippen molar-refractivity contribution in [1.82, 2.24) is 9.55 Å². The molecule has 0 bridgehead atoms. The van der Waals surface area contributed by atoms with Crippen LogP contribution in [0.25, 0.3) is 11.0 Å². The van der Waals surface area contributed by atoms with Crippen LogP contribution in [0.5, 0.6) is 0 Å². The van der Waals surface area contributed by atoms with Crippen molar-refractivity contribution in [2.45, 2.75) is 51.5 Å². The lowest BCUT2D eigenvalue weighted by molar-refractivity contribution is 0.267. The molecule has 5 heteroatoms. The Bertz CT molecular complexity index is 644. The molecule has 1 aromatic heterocycles. The fourth-order valence-corrected chi connectivity index (χ4v) is 3.75. The van der Waals surface area contributed by atoms with Crippen molar-refractivity contribution in [2.75, 3.05) is 5.73 Å². The van der Waals surface area contributed by atoms with Crippen molar-refractivity contribution in [1.29, 1.82) is 0 Å². The van der Waals surface area contributed by atoms with Crippen LogP contribution in [0.3, 0.4) is 0 Å². The van der Waals surface area contributed by atoms with E-state index in [9.17, 15) is 4.39 Å². The van der Waals surface area contributed by atoms with E-state index < -0.39 is 5.82 Å². The van der Waals surface area contributed by atoms with E-state index in [0.717, 1.165) is 24.3 Å². The third kappa shape index (κ3) is 2.73. The van der Waals surface area contributed by atoms with Crippen LogP contribution < -0.4 is 5.73 Å². The first-order chi connectivity index (χ1) is 10.1. The summed E-state index contributed by atoms with van der Waals surface area (Å²) in [6.45, 7) is 2.24. The van der Waals surface area contributed by atoms with Crippen LogP contribution >= 0.6 is 11.6 Å². The minimum Gasteiger partial charge on any atom is -0.369 e. The number of fused-ring (bicyclic) bond motifs is 1. The molecule has 0 aliphatic heterocycles. The molecule has 1 heterocycles. The zero-order valence-electron chi connectivity index (χ0n) is 12.3. The molecule has 21 heavy (non-hydrogen) atoms. The van der Waals surface area contributed by atoms with Gasteiger partial charge in [-0.3, -0.25) is 0 Å². The Morgan fingerprint density at radius 3 is 2.71 bits per heavy atom. The van der Waals surface area contributed by atoms with Crippen LogP contribution in [-0.2, 0) is 0 Å². The van der Waals surface area contributed by atoms with Gasteiger partial charge < -0.3 is 10.3 Å². The molecule has 0 amide bonds. The van der Waals surface area contributed by atoms with Gasteiger partial charge in [-0.25, -0.2) is 9.37 Å². The van der Waals surface area contributed by atoms with E-state index in [1.165, 1.54) is 31.7 Å². The molecule has 1 aliphatic carbocycles. The molecule has 2 aromatic rings. The van der Waals surface area contributed by atoms with Crippen molar-refractivity contribution >= 4 is 28.6 Å². The van der Waals surface area contributed by atoms with E-state index in [0.29, 0.717) is 17.5 Å². The lowest BCUT2D eigenvalue weighted by atomic mass is 9.83. The Morgan fingerprint density at radius 2 is 2.05 bits per heavy atom. The average Bonchev–Trinajstić information content (AvgIpc) is 2.76. The molecule has 2 N–H and O–H groups in total. The number of nitrogen functional groups attached to an aromatic ring is 1. The number of aromatic nitrogens is 2. The van der Waals surface area contributed by atoms with Gasteiger partial charge >= 0.3 is 0 Å². The highest BCUT2D eigenvalue weighted by Crippen LogP contribution is 2.38. The lowest BCUT2D eigenvalue weighted by Gasteiger charge is -2.30. The summed E-state index contributed by atoms with van der Waals surface area (Å²) >= 11 is 5.92. The summed E-state index contributed by atoms with van der Waals surface area (Å²) in [6.07, 6.45) is 7.23. The molecule has 1 aliphatic rings. The monoisotopic (exact) mass is 309 g/mol. The molecule has 0 radical (unpaired) electrons. The molecule has 114 valence electrons. The molecule has 0 spiro atoms. The largest absolute Gasteiger partial charge is 0.369 e. The molecule has 1 fully saturated rings.